The third-order valence-corrected chi connectivity index (χ3v) is 13.8. The summed E-state index contributed by atoms with van der Waals surface area (Å²) in [6.07, 6.45) is 2.78. The van der Waals surface area contributed by atoms with Crippen LogP contribution in [0.5, 0.6) is 34.5 Å². The molecule has 6 aromatic carbocycles. The van der Waals surface area contributed by atoms with Crippen molar-refractivity contribution in [3.63, 3.8) is 0 Å². The molecule has 0 aliphatic carbocycles. The molecule has 6 aromatic rings. The van der Waals surface area contributed by atoms with E-state index in [-0.39, 0.29) is 79.9 Å². The molecule has 1 heterocycles. The van der Waals surface area contributed by atoms with Gasteiger partial charge in [0, 0.05) is 48.7 Å². The molecule has 1 aliphatic heterocycles. The summed E-state index contributed by atoms with van der Waals surface area (Å²) < 4.78 is 19.0. The summed E-state index contributed by atoms with van der Waals surface area (Å²) in [6.45, 7) is 4.22. The van der Waals surface area contributed by atoms with Crippen LogP contribution < -0.4 is 19.3 Å². The molecule has 0 unspecified atom stereocenters. The van der Waals surface area contributed by atoms with Gasteiger partial charge in [-0.2, -0.15) is 0 Å². The smallest absolute Gasteiger partial charge is 0.333 e. The zero-order chi connectivity index (χ0) is 51.6. The number of phenols is 2. The second kappa shape index (κ2) is 24.3. The molecule has 1 saturated heterocycles. The number of hydrogen-bond acceptors (Lipinski definition) is 11. The molecular weight excluding hydrogens is 1190 g/mol. The van der Waals surface area contributed by atoms with Crippen LogP contribution in [0.4, 0.5) is 11.4 Å². The van der Waals surface area contributed by atoms with Crippen molar-refractivity contribution in [2.75, 3.05) is 49.1 Å². The van der Waals surface area contributed by atoms with E-state index in [0.29, 0.717) is 44.1 Å². The summed E-state index contributed by atoms with van der Waals surface area (Å²) in [4.78, 5) is 87.9. The molecule has 0 aromatic heterocycles. The van der Waals surface area contributed by atoms with Gasteiger partial charge in [-0.05, 0) is 182 Å². The van der Waals surface area contributed by atoms with Gasteiger partial charge in [-0.15, -0.1) is 0 Å². The quantitative estimate of drug-likeness (QED) is 0.0694. The molecule has 15 nitrogen and oxygen atoms in total. The SMILES string of the molecule is CCN(CC)C(=O)c1cc(Oc2c(Br)cc(N(CC(=O)OC(=O)CN(C(=O)c3ccccc3)c3cc(Br)c(Oc4ccc(O)c(C(=O)N5CCCCC5)c4)c(Br)c3)C(=O)c3ccccc3)cc2Br)ccc1O. The van der Waals surface area contributed by atoms with Gasteiger partial charge in [0.2, 0.25) is 0 Å². The Morgan fingerprint density at radius 1 is 0.528 bits per heavy atom. The number of esters is 2. The number of phenolic OH excluding ortho intramolecular Hbond substituents is 2. The van der Waals surface area contributed by atoms with E-state index >= 15 is 0 Å². The number of rotatable bonds is 16. The summed E-state index contributed by atoms with van der Waals surface area (Å²) in [5.74, 6) is -3.56. The first-order valence-electron chi connectivity index (χ1n) is 22.6. The highest BCUT2D eigenvalue weighted by atomic mass is 79.9. The van der Waals surface area contributed by atoms with Gasteiger partial charge >= 0.3 is 11.9 Å². The van der Waals surface area contributed by atoms with Gasteiger partial charge in [-0.1, -0.05) is 36.4 Å². The van der Waals surface area contributed by atoms with Crippen LogP contribution in [0.15, 0.2) is 139 Å². The van der Waals surface area contributed by atoms with E-state index in [1.807, 2.05) is 13.8 Å². The molecule has 1 aliphatic rings. The lowest BCUT2D eigenvalue weighted by Gasteiger charge is -2.27. The summed E-state index contributed by atoms with van der Waals surface area (Å²) in [5.41, 5.74) is 0.974. The first-order chi connectivity index (χ1) is 34.6. The summed E-state index contributed by atoms with van der Waals surface area (Å²) in [7, 11) is 0. The highest BCUT2D eigenvalue weighted by Crippen LogP contribution is 2.43. The van der Waals surface area contributed by atoms with Crippen molar-refractivity contribution in [1.82, 2.24) is 9.80 Å². The summed E-state index contributed by atoms with van der Waals surface area (Å²) >= 11 is 14.1. The molecule has 0 atom stereocenters. The molecule has 7 rings (SSSR count). The van der Waals surface area contributed by atoms with E-state index in [4.69, 9.17) is 14.2 Å². The monoisotopic (exact) mass is 1230 g/mol. The number of aromatic hydroxyl groups is 2. The number of piperidine rings is 1. The normalized spacial score (nSPS) is 12.1. The maximum Gasteiger partial charge on any atom is 0.333 e. The Hall–Kier alpha value is -6.54. The molecule has 0 bridgehead atoms. The van der Waals surface area contributed by atoms with E-state index in [1.165, 1.54) is 60.7 Å². The van der Waals surface area contributed by atoms with Crippen LogP contribution in [0.1, 0.15) is 74.5 Å². The zero-order valence-corrected chi connectivity index (χ0v) is 45.1. The van der Waals surface area contributed by atoms with Crippen LogP contribution >= 0.6 is 63.7 Å². The van der Waals surface area contributed by atoms with Crippen molar-refractivity contribution in [3.05, 3.63) is 161 Å². The predicted octanol–water partition coefficient (Wildman–Crippen LogP) is 11.9. The number of benzene rings is 6. The minimum Gasteiger partial charge on any atom is -0.507 e. The van der Waals surface area contributed by atoms with Gasteiger partial charge in [0.05, 0.1) is 29.0 Å². The number of hydrogen-bond donors (Lipinski definition) is 2. The van der Waals surface area contributed by atoms with E-state index < -0.39 is 36.8 Å². The first-order valence-corrected chi connectivity index (χ1v) is 25.8. The lowest BCUT2D eigenvalue weighted by molar-refractivity contribution is -0.157. The van der Waals surface area contributed by atoms with Gasteiger partial charge in [-0.3, -0.25) is 29.0 Å². The fourth-order valence-electron chi connectivity index (χ4n) is 7.77. The van der Waals surface area contributed by atoms with Crippen LogP contribution in [0, 0.1) is 0 Å². The summed E-state index contributed by atoms with van der Waals surface area (Å²) in [6, 6.07) is 31.1. The standard InChI is InChI=1S/C53H46Br4N4O11/c1-3-58(4-2)52(68)38-28-36(18-20-44(38)62)70-48-40(54)24-34(25-41(48)55)60(50(66)32-14-8-5-9-15-32)30-46(64)72-47(65)31-61(51(67)33-16-10-6-11-17-33)35-26-42(56)49(43(57)27-35)71-37-19-21-45(63)39(29-37)53(69)59-22-12-7-13-23-59/h5-6,8-11,14-21,24-29,62-63H,3-4,7,12-13,22-23,30-31H2,1-2H3. The van der Waals surface area contributed by atoms with E-state index in [9.17, 15) is 39.0 Å². The lowest BCUT2D eigenvalue weighted by Crippen LogP contribution is -2.40. The minimum absolute atomic E-state index is 0.0488. The van der Waals surface area contributed by atoms with Crippen LogP contribution in [-0.2, 0) is 14.3 Å². The first kappa shape index (κ1) is 53.3. The van der Waals surface area contributed by atoms with E-state index in [0.717, 1.165) is 29.1 Å². The predicted molar refractivity (Wildman–Crippen MR) is 284 cm³/mol. The number of carbonyl (C=O) groups excluding carboxylic acids is 6. The Bertz CT molecular complexity index is 2980. The minimum atomic E-state index is -1.11. The fourth-order valence-corrected chi connectivity index (χ4v) is 10.4. The second-order valence-electron chi connectivity index (χ2n) is 16.2. The number of nitrogens with zero attached hydrogens (tertiary/aromatic N) is 4. The molecule has 0 radical (unpaired) electrons. The van der Waals surface area contributed by atoms with E-state index in [2.05, 4.69) is 63.7 Å². The average molecular weight is 1230 g/mol. The van der Waals surface area contributed by atoms with Crippen molar-refractivity contribution in [1.29, 1.82) is 0 Å². The molecule has 2 N–H and O–H groups in total. The number of ether oxygens (including phenoxy) is 3. The van der Waals surface area contributed by atoms with E-state index in [1.54, 1.807) is 70.5 Å². The molecule has 0 spiro atoms. The Morgan fingerprint density at radius 3 is 1.35 bits per heavy atom. The zero-order valence-electron chi connectivity index (χ0n) is 38.8. The summed E-state index contributed by atoms with van der Waals surface area (Å²) in [5, 5.41) is 21.1. The topological polar surface area (TPSA) is 184 Å². The Kier molecular flexibility index (Phi) is 17.9. The maximum atomic E-state index is 14.2. The Labute approximate surface area is 448 Å². The lowest BCUT2D eigenvalue weighted by atomic mass is 10.1. The molecular formula is C53H46Br4N4O11. The van der Waals surface area contributed by atoms with Crippen LogP contribution in [-0.4, -0.2) is 94.8 Å². The van der Waals surface area contributed by atoms with Crippen LogP contribution in [0.25, 0.3) is 0 Å². The molecule has 1 fully saturated rings. The third-order valence-electron chi connectivity index (χ3n) is 11.5. The van der Waals surface area contributed by atoms with Crippen molar-refractivity contribution in [2.24, 2.45) is 0 Å². The van der Waals surface area contributed by atoms with Gasteiger partial charge in [0.15, 0.2) is 11.5 Å². The van der Waals surface area contributed by atoms with Crippen LogP contribution in [0.2, 0.25) is 0 Å². The molecule has 0 saturated carbocycles. The Morgan fingerprint density at radius 2 is 0.931 bits per heavy atom. The largest absolute Gasteiger partial charge is 0.507 e. The number of carbonyl (C=O) groups is 6. The van der Waals surface area contributed by atoms with Crippen molar-refractivity contribution >= 4 is 111 Å². The van der Waals surface area contributed by atoms with Gasteiger partial charge < -0.3 is 34.2 Å². The van der Waals surface area contributed by atoms with Crippen molar-refractivity contribution < 1.29 is 53.2 Å². The molecule has 372 valence electrons. The number of amides is 4. The van der Waals surface area contributed by atoms with Crippen molar-refractivity contribution in [3.8, 4) is 34.5 Å². The molecule has 4 amide bonds. The highest BCUT2D eigenvalue weighted by molar-refractivity contribution is 9.11. The Balaban J connectivity index is 1.12. The van der Waals surface area contributed by atoms with Crippen molar-refractivity contribution in [2.45, 2.75) is 33.1 Å². The fraction of sp³-hybridized carbons (Fsp3) is 0.208. The molecule has 72 heavy (non-hydrogen) atoms. The number of anilines is 2. The van der Waals surface area contributed by atoms with Gasteiger partial charge in [0.25, 0.3) is 23.6 Å². The highest BCUT2D eigenvalue weighted by Gasteiger charge is 2.29. The third kappa shape index (κ3) is 12.7. The molecule has 19 heteroatoms. The van der Waals surface area contributed by atoms with Crippen LogP contribution in [0.3, 0.4) is 0 Å². The average Bonchev–Trinajstić information content (AvgIpc) is 3.38. The van der Waals surface area contributed by atoms with Gasteiger partial charge in [-0.25, -0.2) is 9.59 Å². The number of likely N-dealkylation sites (tertiary alicyclic amines) is 1. The van der Waals surface area contributed by atoms with Gasteiger partial charge in [0.1, 0.15) is 36.1 Å². The maximum absolute atomic E-state index is 14.2. The number of halogens is 4. The second-order valence-corrected chi connectivity index (χ2v) is 19.6.